The fourth-order valence-corrected chi connectivity index (χ4v) is 7.49. The SMILES string of the molecule is O=C(CCOCCOCCOCCOCCNc1cccc2c1C(=O)N(C1CCC(=O)NC1=O)C2=O)NCCOc1ccc(C(=C(CCCl)c2ccccc2)c2ccc(O)cc2)cc1. The topological polar surface area (TPSA) is 191 Å². The summed E-state index contributed by atoms with van der Waals surface area (Å²) >= 11 is 6.27. The maximum absolute atomic E-state index is 13.2. The van der Waals surface area contributed by atoms with Gasteiger partial charge in [-0.25, -0.2) is 0 Å². The van der Waals surface area contributed by atoms with Crippen LogP contribution >= 0.6 is 11.6 Å². The van der Waals surface area contributed by atoms with Crippen LogP contribution in [0.2, 0.25) is 0 Å². The number of hydrogen-bond acceptors (Lipinski definition) is 12. The van der Waals surface area contributed by atoms with Crippen LogP contribution in [0.5, 0.6) is 11.5 Å². The largest absolute Gasteiger partial charge is 0.508 e. The van der Waals surface area contributed by atoms with Crippen LogP contribution in [-0.4, -0.2) is 124 Å². The van der Waals surface area contributed by atoms with E-state index in [1.54, 1.807) is 30.3 Å². The van der Waals surface area contributed by atoms with Crippen LogP contribution in [-0.2, 0) is 33.3 Å². The molecule has 1 saturated heterocycles. The van der Waals surface area contributed by atoms with Crippen molar-refractivity contribution in [2.45, 2.75) is 31.7 Å². The van der Waals surface area contributed by atoms with Gasteiger partial charge in [-0.1, -0.05) is 60.7 Å². The molecule has 0 bridgehead atoms. The fraction of sp³-hybridized carbons (Fsp3) is 0.354. The van der Waals surface area contributed by atoms with Crippen molar-refractivity contribution in [2.24, 2.45) is 0 Å². The van der Waals surface area contributed by atoms with Gasteiger partial charge in [0.25, 0.3) is 11.8 Å². The van der Waals surface area contributed by atoms with Gasteiger partial charge >= 0.3 is 0 Å². The van der Waals surface area contributed by atoms with E-state index in [2.05, 4.69) is 28.1 Å². The Morgan fingerprint density at radius 1 is 0.688 bits per heavy atom. The summed E-state index contributed by atoms with van der Waals surface area (Å²) in [5.41, 5.74) is 6.01. The minimum atomic E-state index is -1.03. The first kappa shape index (κ1) is 47.4. The first-order valence-electron chi connectivity index (χ1n) is 21.3. The van der Waals surface area contributed by atoms with Gasteiger partial charge in [0.2, 0.25) is 17.7 Å². The number of amides is 5. The van der Waals surface area contributed by atoms with Gasteiger partial charge in [0.15, 0.2) is 0 Å². The standard InChI is InChI=1S/C48H53ClN4O11/c49-21-19-38(33-5-2-1-3-6-33)44(34-9-13-36(54)14-10-34)35-11-15-37(16-12-35)64-26-23-51-42(55)20-24-60-27-29-62-31-32-63-30-28-61-25-22-50-40-8-4-7-39-45(40)48(59)53(47(39)58)41-17-18-43(56)52-46(41)57/h1-16,41,50,54H,17-32H2,(H,51,55)(H,52,56,57). The third-order valence-corrected chi connectivity index (χ3v) is 10.6. The number of hydrogen-bond donors (Lipinski definition) is 4. The lowest BCUT2D eigenvalue weighted by atomic mass is 9.88. The maximum atomic E-state index is 13.2. The summed E-state index contributed by atoms with van der Waals surface area (Å²) in [6.45, 7) is 3.70. The van der Waals surface area contributed by atoms with Crippen molar-refractivity contribution in [2.75, 3.05) is 83.7 Å². The van der Waals surface area contributed by atoms with E-state index in [1.165, 1.54) is 0 Å². The molecule has 0 saturated carbocycles. The Balaban J connectivity index is 0.775. The highest BCUT2D eigenvalue weighted by Crippen LogP contribution is 2.36. The highest BCUT2D eigenvalue weighted by Gasteiger charge is 2.45. The van der Waals surface area contributed by atoms with Crippen molar-refractivity contribution in [3.63, 3.8) is 0 Å². The molecule has 0 spiro atoms. The molecule has 2 heterocycles. The number of alkyl halides is 1. The minimum absolute atomic E-state index is 0.0546. The number of piperidine rings is 1. The molecule has 0 radical (unpaired) electrons. The summed E-state index contributed by atoms with van der Waals surface area (Å²) in [6, 6.07) is 28.9. The maximum Gasteiger partial charge on any atom is 0.264 e. The molecule has 5 amide bonds. The summed E-state index contributed by atoms with van der Waals surface area (Å²) in [7, 11) is 0. The van der Waals surface area contributed by atoms with Crippen LogP contribution in [0, 0.1) is 0 Å². The molecule has 16 heteroatoms. The monoisotopic (exact) mass is 896 g/mol. The molecule has 2 aliphatic heterocycles. The number of rotatable bonds is 26. The molecule has 4 aromatic rings. The van der Waals surface area contributed by atoms with Crippen LogP contribution < -0.4 is 20.7 Å². The van der Waals surface area contributed by atoms with Crippen molar-refractivity contribution in [1.29, 1.82) is 0 Å². The number of fused-ring (bicyclic) bond motifs is 1. The minimum Gasteiger partial charge on any atom is -0.508 e. The first-order chi connectivity index (χ1) is 31.2. The summed E-state index contributed by atoms with van der Waals surface area (Å²) in [4.78, 5) is 63.3. The quantitative estimate of drug-likeness (QED) is 0.0271. The van der Waals surface area contributed by atoms with Crippen molar-refractivity contribution >= 4 is 58.0 Å². The Kier molecular flexibility index (Phi) is 18.3. The molecular formula is C48H53ClN4O11. The van der Waals surface area contributed by atoms with Crippen molar-refractivity contribution in [3.8, 4) is 11.5 Å². The predicted molar refractivity (Wildman–Crippen MR) is 240 cm³/mol. The van der Waals surface area contributed by atoms with E-state index in [-0.39, 0.29) is 48.7 Å². The van der Waals surface area contributed by atoms with E-state index in [0.29, 0.717) is 89.7 Å². The number of nitrogens with one attached hydrogen (secondary N) is 3. The zero-order valence-electron chi connectivity index (χ0n) is 35.5. The number of halogens is 1. The van der Waals surface area contributed by atoms with Crippen LogP contribution in [0.15, 0.2) is 97.1 Å². The second kappa shape index (κ2) is 24.7. The van der Waals surface area contributed by atoms with E-state index in [9.17, 15) is 29.1 Å². The van der Waals surface area contributed by atoms with Crippen LogP contribution in [0.25, 0.3) is 11.1 Å². The highest BCUT2D eigenvalue weighted by molar-refractivity contribution is 6.25. The number of allylic oxidation sites excluding steroid dienone is 1. The number of aromatic hydroxyl groups is 1. The molecule has 4 N–H and O–H groups in total. The molecule has 0 aromatic heterocycles. The molecule has 338 valence electrons. The number of ether oxygens (including phenoxy) is 5. The molecule has 1 atom stereocenters. The Bertz CT molecular complexity index is 2240. The van der Waals surface area contributed by atoms with Crippen molar-refractivity contribution in [3.05, 3.63) is 125 Å². The van der Waals surface area contributed by atoms with Gasteiger partial charge in [-0.2, -0.15) is 0 Å². The van der Waals surface area contributed by atoms with E-state index >= 15 is 0 Å². The lowest BCUT2D eigenvalue weighted by Gasteiger charge is -2.27. The Hall–Kier alpha value is -6.10. The molecule has 1 unspecified atom stereocenters. The zero-order chi connectivity index (χ0) is 45.1. The second-order valence-corrected chi connectivity index (χ2v) is 15.1. The van der Waals surface area contributed by atoms with Gasteiger partial charge in [-0.05, 0) is 77.1 Å². The highest BCUT2D eigenvalue weighted by atomic mass is 35.5. The van der Waals surface area contributed by atoms with Crippen molar-refractivity contribution < 1.29 is 52.8 Å². The normalized spacial score (nSPS) is 15.1. The molecule has 4 aromatic carbocycles. The number of anilines is 1. The number of imide groups is 2. The van der Waals surface area contributed by atoms with Gasteiger partial charge in [0.05, 0.1) is 70.5 Å². The number of carbonyl (C=O) groups is 5. The van der Waals surface area contributed by atoms with E-state index in [1.807, 2.05) is 54.6 Å². The van der Waals surface area contributed by atoms with Crippen LogP contribution in [0.3, 0.4) is 0 Å². The molecular weight excluding hydrogens is 844 g/mol. The lowest BCUT2D eigenvalue weighted by Crippen LogP contribution is -2.54. The molecule has 0 aliphatic carbocycles. The molecule has 1 fully saturated rings. The Morgan fingerprint density at radius 3 is 1.98 bits per heavy atom. The molecule has 6 rings (SSSR count). The van der Waals surface area contributed by atoms with Gasteiger partial charge in [0.1, 0.15) is 24.1 Å². The third-order valence-electron chi connectivity index (χ3n) is 10.4. The number of phenols is 1. The smallest absolute Gasteiger partial charge is 0.264 e. The van der Waals surface area contributed by atoms with Gasteiger partial charge in [-0.3, -0.25) is 34.2 Å². The fourth-order valence-electron chi connectivity index (χ4n) is 7.30. The van der Waals surface area contributed by atoms with Gasteiger partial charge in [-0.15, -0.1) is 11.6 Å². The molecule has 64 heavy (non-hydrogen) atoms. The van der Waals surface area contributed by atoms with E-state index in [0.717, 1.165) is 32.7 Å². The third kappa shape index (κ3) is 13.2. The predicted octanol–water partition coefficient (Wildman–Crippen LogP) is 5.45. The van der Waals surface area contributed by atoms with Gasteiger partial charge in [0, 0.05) is 31.0 Å². The number of phenolic OH excluding ortho intramolecular Hbond substituents is 1. The first-order valence-corrected chi connectivity index (χ1v) is 21.8. The lowest BCUT2D eigenvalue weighted by molar-refractivity contribution is -0.136. The summed E-state index contributed by atoms with van der Waals surface area (Å²) in [5.74, 6) is -1.03. The summed E-state index contributed by atoms with van der Waals surface area (Å²) in [5, 5.41) is 18.1. The van der Waals surface area contributed by atoms with E-state index < -0.39 is 29.7 Å². The average Bonchev–Trinajstić information content (AvgIpc) is 3.56. The number of carbonyl (C=O) groups excluding carboxylic acids is 5. The number of nitrogens with zero attached hydrogens (tertiary/aromatic N) is 1. The number of benzene rings is 4. The van der Waals surface area contributed by atoms with Crippen LogP contribution in [0.4, 0.5) is 5.69 Å². The van der Waals surface area contributed by atoms with E-state index in [4.69, 9.17) is 35.3 Å². The molecule has 15 nitrogen and oxygen atoms in total. The van der Waals surface area contributed by atoms with Crippen molar-refractivity contribution in [1.82, 2.24) is 15.5 Å². The average molecular weight is 897 g/mol. The Labute approximate surface area is 377 Å². The summed E-state index contributed by atoms with van der Waals surface area (Å²) < 4.78 is 28.1. The summed E-state index contributed by atoms with van der Waals surface area (Å²) in [6.07, 6.45) is 1.01. The zero-order valence-corrected chi connectivity index (χ0v) is 36.2. The molecule has 2 aliphatic rings. The Morgan fingerprint density at radius 2 is 1.33 bits per heavy atom. The second-order valence-electron chi connectivity index (χ2n) is 14.7. The van der Waals surface area contributed by atoms with Gasteiger partial charge < -0.3 is 39.4 Å². The van der Waals surface area contributed by atoms with Crippen LogP contribution in [0.1, 0.15) is 63.1 Å².